The van der Waals surface area contributed by atoms with E-state index in [2.05, 4.69) is 56.6 Å². The second kappa shape index (κ2) is 6.57. The van der Waals surface area contributed by atoms with Gasteiger partial charge in [-0.15, -0.1) is 10.2 Å². The Balaban J connectivity index is 1.91. The minimum Gasteiger partial charge on any atom is -0.305 e. The number of aromatic nitrogens is 5. The van der Waals surface area contributed by atoms with E-state index in [4.69, 9.17) is 5.10 Å². The van der Waals surface area contributed by atoms with Crippen molar-refractivity contribution in [3.05, 3.63) is 28.6 Å². The zero-order valence-corrected chi connectivity index (χ0v) is 17.6. The molecule has 0 amide bonds. The van der Waals surface area contributed by atoms with Gasteiger partial charge in [-0.3, -0.25) is 9.58 Å². The Morgan fingerprint density at radius 1 is 0.929 bits per heavy atom. The summed E-state index contributed by atoms with van der Waals surface area (Å²) >= 11 is 0. The highest BCUT2D eigenvalue weighted by atomic mass is 19.4. The van der Waals surface area contributed by atoms with E-state index in [0.29, 0.717) is 25.5 Å². The van der Waals surface area contributed by atoms with Gasteiger partial charge in [-0.25, -0.2) is 0 Å². The number of nitrogens with zero attached hydrogens (tertiary/aromatic N) is 6. The first kappa shape index (κ1) is 20.8. The number of hydrogen-bond donors (Lipinski definition) is 0. The number of halogens is 3. The summed E-state index contributed by atoms with van der Waals surface area (Å²) in [4.78, 5) is 2.09. The van der Waals surface area contributed by atoms with E-state index in [9.17, 15) is 13.2 Å². The largest absolute Gasteiger partial charge is 0.451 e. The van der Waals surface area contributed by atoms with Crippen molar-refractivity contribution in [2.24, 2.45) is 7.05 Å². The highest BCUT2D eigenvalue weighted by molar-refractivity contribution is 5.37. The van der Waals surface area contributed by atoms with Crippen molar-refractivity contribution in [1.82, 2.24) is 29.4 Å². The minimum atomic E-state index is -4.48. The summed E-state index contributed by atoms with van der Waals surface area (Å²) in [5.74, 6) is -0.562. The fourth-order valence-electron chi connectivity index (χ4n) is 4.10. The van der Waals surface area contributed by atoms with Crippen LogP contribution in [-0.2, 0) is 43.7 Å². The van der Waals surface area contributed by atoms with Gasteiger partial charge in [-0.05, 0) is 5.41 Å². The molecule has 0 radical (unpaired) electrons. The fraction of sp³-hybridized carbons (Fsp3) is 0.737. The Labute approximate surface area is 163 Å². The monoisotopic (exact) mass is 398 g/mol. The molecule has 3 heterocycles. The van der Waals surface area contributed by atoms with Gasteiger partial charge in [0.05, 0.1) is 12.2 Å². The van der Waals surface area contributed by atoms with Crippen molar-refractivity contribution in [3.63, 3.8) is 0 Å². The Morgan fingerprint density at radius 3 is 2.11 bits per heavy atom. The summed E-state index contributed by atoms with van der Waals surface area (Å²) in [6.07, 6.45) is -4.48. The van der Waals surface area contributed by atoms with Crippen molar-refractivity contribution in [2.45, 2.75) is 78.2 Å². The number of fused-ring (bicyclic) bond motifs is 1. The molecule has 0 fully saturated rings. The molecule has 0 atom stereocenters. The van der Waals surface area contributed by atoms with Crippen LogP contribution in [0.5, 0.6) is 0 Å². The molecule has 0 aliphatic carbocycles. The van der Waals surface area contributed by atoms with Gasteiger partial charge in [0.1, 0.15) is 5.82 Å². The molecule has 0 spiro atoms. The summed E-state index contributed by atoms with van der Waals surface area (Å²) in [5.41, 5.74) is 3.22. The van der Waals surface area contributed by atoms with E-state index in [1.807, 2.05) is 11.7 Å². The van der Waals surface area contributed by atoms with E-state index in [1.165, 1.54) is 15.8 Å². The lowest BCUT2D eigenvalue weighted by atomic mass is 9.78. The molecule has 1 aliphatic heterocycles. The van der Waals surface area contributed by atoms with Gasteiger partial charge in [0.15, 0.2) is 0 Å². The summed E-state index contributed by atoms with van der Waals surface area (Å²) in [7, 11) is 1.96. The average molecular weight is 398 g/mol. The smallest absolute Gasteiger partial charge is 0.305 e. The van der Waals surface area contributed by atoms with Crippen LogP contribution in [0.25, 0.3) is 0 Å². The maximum absolute atomic E-state index is 13.0. The van der Waals surface area contributed by atoms with E-state index in [0.717, 1.165) is 5.69 Å². The molecule has 28 heavy (non-hydrogen) atoms. The van der Waals surface area contributed by atoms with E-state index in [-0.39, 0.29) is 17.4 Å². The zero-order valence-electron chi connectivity index (χ0n) is 17.6. The van der Waals surface area contributed by atoms with Crippen LogP contribution < -0.4 is 0 Å². The Morgan fingerprint density at radius 2 is 1.57 bits per heavy atom. The minimum absolute atomic E-state index is 0.0632. The number of alkyl halides is 3. The van der Waals surface area contributed by atoms with Crippen molar-refractivity contribution in [1.29, 1.82) is 0 Å². The topological polar surface area (TPSA) is 51.8 Å². The normalized spacial score (nSPS) is 16.5. The molecule has 2 aromatic rings. The van der Waals surface area contributed by atoms with Crippen molar-refractivity contribution in [2.75, 3.05) is 6.54 Å². The third kappa shape index (κ3) is 3.81. The summed E-state index contributed by atoms with van der Waals surface area (Å²) in [6, 6.07) is 0. The molecule has 2 aromatic heterocycles. The van der Waals surface area contributed by atoms with Gasteiger partial charge in [-0.2, -0.15) is 18.3 Å². The van der Waals surface area contributed by atoms with Crippen LogP contribution in [0, 0.1) is 0 Å². The first-order chi connectivity index (χ1) is 12.7. The first-order valence-corrected chi connectivity index (χ1v) is 9.48. The number of rotatable bonds is 2. The molecule has 0 saturated heterocycles. The molecule has 0 saturated carbocycles. The number of aryl methyl sites for hydroxylation is 1. The second-order valence-electron chi connectivity index (χ2n) is 9.59. The van der Waals surface area contributed by atoms with Crippen molar-refractivity contribution < 1.29 is 13.2 Å². The summed E-state index contributed by atoms with van der Waals surface area (Å²) in [5, 5.41) is 11.9. The molecule has 0 N–H and O–H groups in total. The van der Waals surface area contributed by atoms with Gasteiger partial charge in [0.2, 0.25) is 5.82 Å². The predicted octanol–water partition coefficient (Wildman–Crippen LogP) is 3.64. The lowest BCUT2D eigenvalue weighted by Crippen LogP contribution is -2.35. The van der Waals surface area contributed by atoms with Crippen LogP contribution in [0.2, 0.25) is 0 Å². The van der Waals surface area contributed by atoms with Crippen LogP contribution in [-0.4, -0.2) is 36.0 Å². The molecule has 0 bridgehead atoms. The highest BCUT2D eigenvalue weighted by Crippen LogP contribution is 2.37. The molecular weight excluding hydrogens is 369 g/mol. The van der Waals surface area contributed by atoms with E-state index >= 15 is 0 Å². The van der Waals surface area contributed by atoms with Gasteiger partial charge in [0.25, 0.3) is 0 Å². The van der Waals surface area contributed by atoms with Gasteiger partial charge in [0, 0.05) is 43.4 Å². The summed E-state index contributed by atoms with van der Waals surface area (Å²) in [6.45, 7) is 14.7. The SMILES string of the molecule is Cn1nc(CN2CCn3c(nnc3C(F)(F)F)C2)c(C(C)(C)C)c1C(C)(C)C. The fourth-order valence-corrected chi connectivity index (χ4v) is 4.10. The van der Waals surface area contributed by atoms with Gasteiger partial charge >= 0.3 is 6.18 Å². The average Bonchev–Trinajstić information content (AvgIpc) is 3.06. The molecular formula is C19H29F3N6. The van der Waals surface area contributed by atoms with E-state index in [1.54, 1.807) is 0 Å². The molecule has 0 unspecified atom stereocenters. The van der Waals surface area contributed by atoms with Crippen LogP contribution in [0.4, 0.5) is 13.2 Å². The first-order valence-electron chi connectivity index (χ1n) is 9.48. The molecule has 0 aromatic carbocycles. The molecule has 3 rings (SSSR count). The van der Waals surface area contributed by atoms with Crippen LogP contribution in [0.1, 0.15) is 70.1 Å². The Bertz CT molecular complexity index is 864. The lowest BCUT2D eigenvalue weighted by molar-refractivity contribution is -0.148. The summed E-state index contributed by atoms with van der Waals surface area (Å²) < 4.78 is 42.3. The quantitative estimate of drug-likeness (QED) is 0.775. The molecule has 6 nitrogen and oxygen atoms in total. The van der Waals surface area contributed by atoms with Crippen LogP contribution >= 0.6 is 0 Å². The predicted molar refractivity (Wildman–Crippen MR) is 99.7 cm³/mol. The number of hydrogen-bond acceptors (Lipinski definition) is 4. The third-order valence-electron chi connectivity index (χ3n) is 5.04. The van der Waals surface area contributed by atoms with Gasteiger partial charge in [-0.1, -0.05) is 41.5 Å². The molecule has 1 aliphatic rings. The lowest BCUT2D eigenvalue weighted by Gasteiger charge is -2.30. The molecule has 156 valence electrons. The highest BCUT2D eigenvalue weighted by Gasteiger charge is 2.40. The zero-order chi connectivity index (χ0) is 21.1. The second-order valence-corrected chi connectivity index (χ2v) is 9.59. The van der Waals surface area contributed by atoms with Crippen LogP contribution in [0.3, 0.4) is 0 Å². The Kier molecular flexibility index (Phi) is 4.89. The van der Waals surface area contributed by atoms with Crippen LogP contribution in [0.15, 0.2) is 0 Å². The third-order valence-corrected chi connectivity index (χ3v) is 5.04. The van der Waals surface area contributed by atoms with Crippen molar-refractivity contribution >= 4 is 0 Å². The molecule has 9 heteroatoms. The standard InChI is InChI=1S/C19H29F3N6/c1-17(2,3)14-12(25-26(7)15(14)18(4,5)6)10-27-8-9-28-13(11-27)23-24-16(28)19(20,21)22/h8-11H2,1-7H3. The maximum Gasteiger partial charge on any atom is 0.451 e. The Hall–Kier alpha value is -1.90. The van der Waals surface area contributed by atoms with Crippen molar-refractivity contribution in [3.8, 4) is 0 Å². The van der Waals surface area contributed by atoms with Gasteiger partial charge < -0.3 is 4.57 Å². The maximum atomic E-state index is 13.0. The van der Waals surface area contributed by atoms with E-state index < -0.39 is 12.0 Å².